The van der Waals surface area contributed by atoms with Crippen LogP contribution in [0.2, 0.25) is 0 Å². The number of pyridine rings is 3. The van der Waals surface area contributed by atoms with E-state index in [1.165, 1.54) is 7.11 Å². The maximum atomic E-state index is 14.3. The van der Waals surface area contributed by atoms with Crippen LogP contribution in [0.3, 0.4) is 0 Å². The maximum Gasteiger partial charge on any atom is 0.316 e. The normalized spacial score (nSPS) is 11.9. The zero-order chi connectivity index (χ0) is 26.9. The van der Waals surface area contributed by atoms with Crippen molar-refractivity contribution in [2.45, 2.75) is 13.0 Å². The molecule has 0 aliphatic carbocycles. The minimum Gasteiger partial charge on any atom is -0.493 e. The van der Waals surface area contributed by atoms with Gasteiger partial charge in [0, 0.05) is 41.6 Å². The van der Waals surface area contributed by atoms with E-state index in [0.29, 0.717) is 27.7 Å². The Labute approximate surface area is 223 Å². The predicted molar refractivity (Wildman–Crippen MR) is 150 cm³/mol. The lowest BCUT2D eigenvalue weighted by Crippen LogP contribution is -2.26. The summed E-state index contributed by atoms with van der Waals surface area (Å²) in [5.41, 5.74) is 4.54. The molecule has 6 rings (SSSR count). The fourth-order valence-corrected chi connectivity index (χ4v) is 4.81. The predicted octanol–water partition coefficient (Wildman–Crippen LogP) is 5.28. The van der Waals surface area contributed by atoms with Crippen LogP contribution in [-0.2, 0) is 0 Å². The molecule has 1 atom stereocenters. The van der Waals surface area contributed by atoms with Crippen LogP contribution in [0.25, 0.3) is 38.6 Å². The first-order valence-electron chi connectivity index (χ1n) is 12.4. The Morgan fingerprint density at radius 1 is 0.949 bits per heavy atom. The minimum atomic E-state index is -0.345. The number of anilines is 1. The third-order valence-corrected chi connectivity index (χ3v) is 6.58. The molecule has 0 saturated heterocycles. The van der Waals surface area contributed by atoms with E-state index in [1.54, 1.807) is 41.4 Å². The second kappa shape index (κ2) is 9.86. The van der Waals surface area contributed by atoms with E-state index >= 15 is 0 Å². The largest absolute Gasteiger partial charge is 0.493 e. The highest BCUT2D eigenvalue weighted by Gasteiger charge is 2.20. The number of benzene rings is 2. The van der Waals surface area contributed by atoms with E-state index in [-0.39, 0.29) is 23.5 Å². The number of aromatic hydroxyl groups is 1. The first-order chi connectivity index (χ1) is 19.0. The van der Waals surface area contributed by atoms with Crippen molar-refractivity contribution in [3.63, 3.8) is 0 Å². The average Bonchev–Trinajstić information content (AvgIpc) is 2.97. The number of methoxy groups -OCH3 is 1. The van der Waals surface area contributed by atoms with Gasteiger partial charge in [0.25, 0.3) is 5.56 Å². The molecule has 0 saturated carbocycles. The van der Waals surface area contributed by atoms with Gasteiger partial charge >= 0.3 is 6.01 Å². The molecule has 0 aliphatic rings. The van der Waals surface area contributed by atoms with Crippen molar-refractivity contribution in [1.29, 1.82) is 0 Å². The molecule has 2 N–H and O–H groups in total. The van der Waals surface area contributed by atoms with Crippen LogP contribution in [0, 0.1) is 0 Å². The molecular formula is C30H24N6O3. The Hall–Kier alpha value is -5.31. The summed E-state index contributed by atoms with van der Waals surface area (Å²) in [4.78, 5) is 31.4. The van der Waals surface area contributed by atoms with Gasteiger partial charge in [-0.05, 0) is 48.2 Å². The lowest BCUT2D eigenvalue weighted by Gasteiger charge is -2.23. The molecule has 39 heavy (non-hydrogen) atoms. The van der Waals surface area contributed by atoms with Gasteiger partial charge in [-0.2, -0.15) is 0 Å². The fraction of sp³-hybridized carbons (Fsp3) is 0.100. The number of hydrogen-bond acceptors (Lipinski definition) is 8. The molecule has 6 aromatic rings. The average molecular weight is 517 g/mol. The van der Waals surface area contributed by atoms with Crippen LogP contribution in [-0.4, -0.2) is 36.7 Å². The number of fused-ring (bicyclic) bond motifs is 2. The number of para-hydroxylation sites is 1. The smallest absolute Gasteiger partial charge is 0.316 e. The highest BCUT2D eigenvalue weighted by Crippen LogP contribution is 2.32. The molecule has 0 unspecified atom stereocenters. The van der Waals surface area contributed by atoms with Crippen LogP contribution in [0.1, 0.15) is 18.7 Å². The minimum absolute atomic E-state index is 0.115. The summed E-state index contributed by atoms with van der Waals surface area (Å²) >= 11 is 0. The van der Waals surface area contributed by atoms with Gasteiger partial charge < -0.3 is 15.2 Å². The van der Waals surface area contributed by atoms with Crippen LogP contribution >= 0.6 is 0 Å². The summed E-state index contributed by atoms with van der Waals surface area (Å²) in [6.45, 7) is 1.97. The topological polar surface area (TPSA) is 115 Å². The van der Waals surface area contributed by atoms with E-state index < -0.39 is 0 Å². The molecule has 0 aliphatic heterocycles. The van der Waals surface area contributed by atoms with Crippen molar-refractivity contribution < 1.29 is 9.84 Å². The van der Waals surface area contributed by atoms with Gasteiger partial charge in [-0.15, -0.1) is 0 Å². The van der Waals surface area contributed by atoms with E-state index in [2.05, 4.69) is 25.3 Å². The van der Waals surface area contributed by atoms with Crippen molar-refractivity contribution in [1.82, 2.24) is 24.5 Å². The number of hydrogen-bond donors (Lipinski definition) is 2. The van der Waals surface area contributed by atoms with Crippen molar-refractivity contribution in [3.05, 3.63) is 107 Å². The summed E-state index contributed by atoms with van der Waals surface area (Å²) in [7, 11) is 1.51. The van der Waals surface area contributed by atoms with Crippen LogP contribution in [0.4, 0.5) is 5.69 Å². The van der Waals surface area contributed by atoms with Crippen molar-refractivity contribution in [2.24, 2.45) is 0 Å². The Balaban J connectivity index is 1.55. The summed E-state index contributed by atoms with van der Waals surface area (Å²) in [5.74, 6) is -0.115. The number of nitrogens with one attached hydrogen (secondary N) is 1. The highest BCUT2D eigenvalue weighted by molar-refractivity contribution is 5.96. The van der Waals surface area contributed by atoms with Crippen molar-refractivity contribution in [2.75, 3.05) is 12.4 Å². The second-order valence-corrected chi connectivity index (χ2v) is 9.04. The van der Waals surface area contributed by atoms with Gasteiger partial charge in [-0.25, -0.2) is 15.0 Å². The van der Waals surface area contributed by atoms with Crippen molar-refractivity contribution in [3.8, 4) is 28.7 Å². The molecule has 2 aromatic carbocycles. The molecule has 192 valence electrons. The first kappa shape index (κ1) is 24.1. The van der Waals surface area contributed by atoms with Gasteiger partial charge in [0.05, 0.1) is 29.7 Å². The SMILES string of the molecule is COc1ncc(-c2cccc3cc([C@H](C)Nc4cc(O)nc5cccnc45)n(-c4ccccc4)c(=O)c23)cn1. The number of ether oxygens (including phenoxy) is 1. The lowest BCUT2D eigenvalue weighted by atomic mass is 9.99. The molecule has 0 amide bonds. The zero-order valence-corrected chi connectivity index (χ0v) is 21.2. The molecular weight excluding hydrogens is 492 g/mol. The molecule has 4 heterocycles. The molecule has 0 radical (unpaired) electrons. The van der Waals surface area contributed by atoms with E-state index in [9.17, 15) is 9.90 Å². The highest BCUT2D eigenvalue weighted by atomic mass is 16.5. The summed E-state index contributed by atoms with van der Waals surface area (Å²) in [6, 6.07) is 22.3. The summed E-state index contributed by atoms with van der Waals surface area (Å²) < 4.78 is 6.81. The van der Waals surface area contributed by atoms with Crippen LogP contribution < -0.4 is 15.6 Å². The molecule has 0 bridgehead atoms. The Morgan fingerprint density at radius 2 is 1.74 bits per heavy atom. The lowest BCUT2D eigenvalue weighted by molar-refractivity contribution is 0.380. The Kier molecular flexibility index (Phi) is 6.08. The monoisotopic (exact) mass is 516 g/mol. The Bertz CT molecular complexity index is 1870. The van der Waals surface area contributed by atoms with Crippen LogP contribution in [0.15, 0.2) is 96.2 Å². The molecule has 0 spiro atoms. The number of aromatic nitrogens is 5. The van der Waals surface area contributed by atoms with E-state index in [0.717, 1.165) is 22.3 Å². The first-order valence-corrected chi connectivity index (χ1v) is 12.4. The third kappa shape index (κ3) is 4.40. The third-order valence-electron chi connectivity index (χ3n) is 6.58. The van der Waals surface area contributed by atoms with E-state index in [1.807, 2.05) is 61.5 Å². The fourth-order valence-electron chi connectivity index (χ4n) is 4.81. The summed E-state index contributed by atoms with van der Waals surface area (Å²) in [5, 5.41) is 15.0. The van der Waals surface area contributed by atoms with Gasteiger partial charge in [0.2, 0.25) is 5.88 Å². The van der Waals surface area contributed by atoms with Crippen LogP contribution in [0.5, 0.6) is 11.9 Å². The van der Waals surface area contributed by atoms with Gasteiger partial charge in [0.1, 0.15) is 5.52 Å². The molecule has 4 aromatic heterocycles. The maximum absolute atomic E-state index is 14.3. The number of rotatable bonds is 6. The standard InChI is InChI=1S/C30H24N6O3/c1-18(34-24-15-26(37)35-23-12-7-13-31-28(23)24)25-14-19-8-6-11-22(20-16-32-30(39-2)33-17-20)27(19)29(38)36(25)21-9-4-3-5-10-21/h3-18H,1-2H3,(H2,34,35,37)/t18-/m0/s1. The molecule has 0 fully saturated rings. The zero-order valence-electron chi connectivity index (χ0n) is 21.2. The van der Waals surface area contributed by atoms with Gasteiger partial charge in [-0.1, -0.05) is 36.4 Å². The summed E-state index contributed by atoms with van der Waals surface area (Å²) in [6.07, 6.45) is 4.98. The van der Waals surface area contributed by atoms with E-state index in [4.69, 9.17) is 4.74 Å². The second-order valence-electron chi connectivity index (χ2n) is 9.04. The van der Waals surface area contributed by atoms with Gasteiger partial charge in [0.15, 0.2) is 0 Å². The molecule has 9 nitrogen and oxygen atoms in total. The van der Waals surface area contributed by atoms with Gasteiger partial charge in [-0.3, -0.25) is 14.3 Å². The van der Waals surface area contributed by atoms with Crippen molar-refractivity contribution >= 4 is 27.5 Å². The number of nitrogens with zero attached hydrogens (tertiary/aromatic N) is 5. The Morgan fingerprint density at radius 3 is 2.51 bits per heavy atom. The molecule has 9 heteroatoms. The quantitative estimate of drug-likeness (QED) is 0.307.